The molecule has 0 spiro atoms. The number of urea groups is 1. The Morgan fingerprint density at radius 3 is 2.07 bits per heavy atom. The lowest BCUT2D eigenvalue weighted by atomic mass is 9.81. The number of amides is 3. The summed E-state index contributed by atoms with van der Waals surface area (Å²) in [7, 11) is 0. The Morgan fingerprint density at radius 2 is 1.57 bits per heavy atom. The molecule has 3 unspecified atom stereocenters. The number of Topliss-reactive ketones (excluding diaryl/α,β-unsaturated/α-hetero) is 2. The van der Waals surface area contributed by atoms with E-state index in [1.54, 1.807) is 4.90 Å². The second-order valence-electron chi connectivity index (χ2n) is 14.6. The summed E-state index contributed by atoms with van der Waals surface area (Å²) in [4.78, 5) is 52.3. The Balaban J connectivity index is 1.81. The number of likely N-dealkylation sites (tertiary alicyclic amines) is 1. The minimum atomic E-state index is -4.64. The number of carbonyl (C=O) groups is 4. The molecule has 15 heteroatoms. The highest BCUT2D eigenvalue weighted by molar-refractivity contribution is 8.00. The van der Waals surface area contributed by atoms with Crippen LogP contribution in [0.4, 0.5) is 18.0 Å². The zero-order chi connectivity index (χ0) is 34.6. The number of aliphatic hydroxyl groups is 2. The van der Waals surface area contributed by atoms with Crippen LogP contribution >= 0.6 is 11.8 Å². The van der Waals surface area contributed by atoms with Gasteiger partial charge in [0.25, 0.3) is 5.91 Å². The highest BCUT2D eigenvalue weighted by Crippen LogP contribution is 2.37. The number of thioether (sulfide) groups is 1. The highest BCUT2D eigenvalue weighted by atomic mass is 32.2. The number of halogens is 3. The molecule has 3 aliphatic rings. The number of aliphatic hydroxyl groups excluding tert-OH is 2. The van der Waals surface area contributed by atoms with Crippen LogP contribution < -0.4 is 21.7 Å². The van der Waals surface area contributed by atoms with Gasteiger partial charge in [0.2, 0.25) is 5.78 Å². The van der Waals surface area contributed by atoms with Gasteiger partial charge >= 0.3 is 12.2 Å². The van der Waals surface area contributed by atoms with Crippen molar-refractivity contribution in [2.45, 2.75) is 128 Å². The first-order valence-electron chi connectivity index (χ1n) is 16.3. The Labute approximate surface area is 273 Å². The summed E-state index contributed by atoms with van der Waals surface area (Å²) >= 11 is 0.0933. The van der Waals surface area contributed by atoms with Crippen molar-refractivity contribution in [3.8, 4) is 0 Å². The van der Waals surface area contributed by atoms with Gasteiger partial charge in [0.05, 0.1) is 23.9 Å². The van der Waals surface area contributed by atoms with Crippen molar-refractivity contribution in [2.75, 3.05) is 12.3 Å². The van der Waals surface area contributed by atoms with Gasteiger partial charge in [-0.3, -0.25) is 24.6 Å². The number of ketones is 2. The molecule has 3 amide bonds. The monoisotopic (exact) mass is 679 g/mol. The first-order chi connectivity index (χ1) is 21.3. The van der Waals surface area contributed by atoms with Gasteiger partial charge in [0.1, 0.15) is 17.8 Å². The quantitative estimate of drug-likeness (QED) is 0.112. The van der Waals surface area contributed by atoms with Gasteiger partial charge in [-0.15, -0.1) is 11.8 Å². The van der Waals surface area contributed by atoms with Gasteiger partial charge in [-0.05, 0) is 55.3 Å². The van der Waals surface area contributed by atoms with E-state index < -0.39 is 71.0 Å². The summed E-state index contributed by atoms with van der Waals surface area (Å²) in [6.45, 7) is 9.68. The van der Waals surface area contributed by atoms with E-state index in [2.05, 4.69) is 16.0 Å². The van der Waals surface area contributed by atoms with Crippen LogP contribution in [0.3, 0.4) is 0 Å². The van der Waals surface area contributed by atoms with Crippen molar-refractivity contribution < 1.29 is 42.6 Å². The fourth-order valence-corrected chi connectivity index (χ4v) is 7.42. The minimum absolute atomic E-state index is 0.0388. The fourth-order valence-electron chi connectivity index (χ4n) is 6.56. The van der Waals surface area contributed by atoms with Gasteiger partial charge in [0, 0.05) is 12.5 Å². The Kier molecular flexibility index (Phi) is 13.4. The summed E-state index contributed by atoms with van der Waals surface area (Å²) in [6, 6.07) is -3.00. The molecule has 0 bridgehead atoms. The third kappa shape index (κ3) is 10.8. The molecule has 7 N–H and O–H groups in total. The number of carbonyl (C=O) groups excluding carboxylic acids is 4. The molecular weight excluding hydrogens is 627 g/mol. The highest BCUT2D eigenvalue weighted by Gasteiger charge is 2.47. The molecule has 7 atom stereocenters. The van der Waals surface area contributed by atoms with Crippen LogP contribution in [0.1, 0.15) is 86.0 Å². The van der Waals surface area contributed by atoms with Gasteiger partial charge in [-0.1, -0.05) is 53.9 Å². The van der Waals surface area contributed by atoms with E-state index in [-0.39, 0.29) is 47.8 Å². The molecule has 0 radical (unpaired) electrons. The normalized spacial score (nSPS) is 25.0. The second kappa shape index (κ2) is 16.0. The number of nitrogens with zero attached hydrogens (tertiary/aromatic N) is 1. The molecule has 0 aromatic carbocycles. The van der Waals surface area contributed by atoms with Crippen LogP contribution in [-0.4, -0.2) is 93.0 Å². The van der Waals surface area contributed by atoms with Gasteiger partial charge in [-0.25, -0.2) is 4.79 Å². The van der Waals surface area contributed by atoms with Crippen molar-refractivity contribution in [1.82, 2.24) is 20.9 Å². The molecule has 11 nitrogen and oxygen atoms in total. The van der Waals surface area contributed by atoms with Crippen LogP contribution in [0.2, 0.25) is 0 Å². The van der Waals surface area contributed by atoms with Crippen LogP contribution in [0, 0.1) is 29.1 Å². The van der Waals surface area contributed by atoms with Gasteiger partial charge in [-0.2, -0.15) is 13.2 Å². The van der Waals surface area contributed by atoms with Gasteiger partial charge < -0.3 is 26.6 Å². The van der Waals surface area contributed by atoms with Crippen molar-refractivity contribution in [3.05, 3.63) is 0 Å². The third-order valence-electron chi connectivity index (χ3n) is 9.49. The van der Waals surface area contributed by atoms with Crippen molar-refractivity contribution >= 4 is 35.3 Å². The predicted octanol–water partition coefficient (Wildman–Crippen LogP) is 2.88. The first kappa shape index (κ1) is 38.5. The van der Waals surface area contributed by atoms with Crippen LogP contribution in [0.25, 0.3) is 0 Å². The topological polar surface area (TPSA) is 174 Å². The maximum Gasteiger partial charge on any atom is 0.397 e. The number of hydrogen-bond donors (Lipinski definition) is 6. The molecule has 3 rings (SSSR count). The predicted molar refractivity (Wildman–Crippen MR) is 168 cm³/mol. The summed E-state index contributed by atoms with van der Waals surface area (Å²) in [5, 5.41) is 29.6. The number of primary amides is 1. The average Bonchev–Trinajstić information content (AvgIpc) is 3.72. The smallest absolute Gasteiger partial charge is 0.377 e. The van der Waals surface area contributed by atoms with E-state index in [1.807, 2.05) is 34.6 Å². The molecule has 46 heavy (non-hydrogen) atoms. The molecule has 0 aromatic rings. The Bertz CT molecular complexity index is 1080. The molecule has 1 saturated heterocycles. The molecule has 2 saturated carbocycles. The standard InChI is InChI=1S/C31H52F3N5O6S/c1-16(2)19-13-20(26(43)38-27(23(41)25(35)42)46-15-31(32,33)34)39(14-19)28(44)24(30(3,4)5)37-29(45)36-21(22(40)18-11-12-18)17-9-7-6-8-10-17/h16-21,24,26-28,38,43-44H,6-15H2,1-5H3,(H2,35,42)(H2,36,37,45)/t19-,20+,21+,24-,26?,27?,28?/m1/s1. The molecule has 2 aliphatic carbocycles. The number of nitrogens with two attached hydrogens (primary N) is 1. The molecule has 1 aliphatic heterocycles. The van der Waals surface area contributed by atoms with E-state index in [1.165, 1.54) is 0 Å². The first-order valence-corrected chi connectivity index (χ1v) is 17.4. The summed E-state index contributed by atoms with van der Waals surface area (Å²) in [5.74, 6) is -4.12. The maximum atomic E-state index is 13.5. The van der Waals surface area contributed by atoms with Crippen LogP contribution in [-0.2, 0) is 14.4 Å². The van der Waals surface area contributed by atoms with E-state index in [9.17, 15) is 42.6 Å². The average molecular weight is 680 g/mol. The number of alkyl halides is 3. The molecule has 264 valence electrons. The number of rotatable bonds is 15. The maximum absolute atomic E-state index is 13.5. The molecule has 1 heterocycles. The Hall–Kier alpha value is -1.94. The SMILES string of the molecule is CC(C)[C@@H]1C[C@@H](C(O)NC(SCC(F)(F)F)C(=O)C(N)=O)N(C(O)[C@@H](NC(=O)N[C@H](C(=O)C2CC2)C2CCCCC2)C(C)(C)C)C1. The van der Waals surface area contributed by atoms with E-state index >= 15 is 0 Å². The molecular formula is C31H52F3N5O6S. The molecule has 0 aromatic heterocycles. The number of hydrogen-bond acceptors (Lipinski definition) is 9. The lowest BCUT2D eigenvalue weighted by Gasteiger charge is -2.42. The summed E-state index contributed by atoms with van der Waals surface area (Å²) in [6.07, 6.45) is -0.892. The molecule has 3 fully saturated rings. The van der Waals surface area contributed by atoms with E-state index in [0.29, 0.717) is 6.42 Å². The fraction of sp³-hybridized carbons (Fsp3) is 0.871. The van der Waals surface area contributed by atoms with Crippen molar-refractivity contribution in [2.24, 2.45) is 34.8 Å². The van der Waals surface area contributed by atoms with Gasteiger partial charge in [0.15, 0.2) is 5.78 Å². The summed E-state index contributed by atoms with van der Waals surface area (Å²) in [5.41, 5.74) is 4.36. The van der Waals surface area contributed by atoms with E-state index in [0.717, 1.165) is 44.9 Å². The van der Waals surface area contributed by atoms with Crippen LogP contribution in [0.5, 0.6) is 0 Å². The van der Waals surface area contributed by atoms with E-state index in [4.69, 9.17) is 5.73 Å². The van der Waals surface area contributed by atoms with Crippen LogP contribution in [0.15, 0.2) is 0 Å². The largest absolute Gasteiger partial charge is 0.397 e. The van der Waals surface area contributed by atoms with Crippen molar-refractivity contribution in [3.63, 3.8) is 0 Å². The zero-order valence-electron chi connectivity index (χ0n) is 27.4. The zero-order valence-corrected chi connectivity index (χ0v) is 28.3. The lowest BCUT2D eigenvalue weighted by Crippen LogP contribution is -2.63. The number of nitrogens with one attached hydrogen (secondary N) is 3. The lowest BCUT2D eigenvalue weighted by molar-refractivity contribution is -0.136. The van der Waals surface area contributed by atoms with Crippen molar-refractivity contribution in [1.29, 1.82) is 0 Å². The minimum Gasteiger partial charge on any atom is -0.377 e. The summed E-state index contributed by atoms with van der Waals surface area (Å²) < 4.78 is 38.9. The second-order valence-corrected chi connectivity index (χ2v) is 15.7. The third-order valence-corrected chi connectivity index (χ3v) is 10.7. The Morgan fingerprint density at radius 1 is 0.957 bits per heavy atom.